The molecule has 4 unspecified atom stereocenters. The third-order valence-corrected chi connectivity index (χ3v) is 6.24. The van der Waals surface area contributed by atoms with E-state index >= 15 is 0 Å². The number of amides is 3. The Morgan fingerprint density at radius 1 is 1.18 bits per heavy atom. The van der Waals surface area contributed by atoms with Crippen molar-refractivity contribution in [1.29, 1.82) is 0 Å². The summed E-state index contributed by atoms with van der Waals surface area (Å²) in [5.41, 5.74) is 6.61. The van der Waals surface area contributed by atoms with Crippen molar-refractivity contribution in [3.63, 3.8) is 0 Å². The van der Waals surface area contributed by atoms with Crippen LogP contribution in [0.4, 0.5) is 0 Å². The summed E-state index contributed by atoms with van der Waals surface area (Å²) in [7, 11) is 0. The van der Waals surface area contributed by atoms with Gasteiger partial charge in [0, 0.05) is 13.0 Å². The van der Waals surface area contributed by atoms with Gasteiger partial charge in [0.15, 0.2) is 0 Å². The first-order chi connectivity index (χ1) is 16.2. The van der Waals surface area contributed by atoms with Crippen molar-refractivity contribution in [2.24, 2.45) is 5.73 Å². The van der Waals surface area contributed by atoms with E-state index in [1.807, 2.05) is 6.26 Å². The highest BCUT2D eigenvalue weighted by atomic mass is 32.2. The highest BCUT2D eigenvalue weighted by Gasteiger charge is 2.37. The Bertz CT molecular complexity index is 867. The van der Waals surface area contributed by atoms with E-state index in [9.17, 15) is 29.4 Å². The number of benzene rings is 1. The number of nitrogens with two attached hydrogens (primary N) is 1. The third kappa shape index (κ3) is 7.61. The van der Waals surface area contributed by atoms with Crippen LogP contribution in [0, 0.1) is 0 Å². The van der Waals surface area contributed by atoms with Crippen LogP contribution in [-0.4, -0.2) is 93.2 Å². The van der Waals surface area contributed by atoms with Crippen LogP contribution in [0.2, 0.25) is 0 Å². The van der Waals surface area contributed by atoms with Crippen LogP contribution in [0.25, 0.3) is 0 Å². The number of aliphatic hydroxyl groups excluding tert-OH is 1. The van der Waals surface area contributed by atoms with E-state index in [2.05, 4.69) is 10.6 Å². The van der Waals surface area contributed by atoms with Crippen LogP contribution in [-0.2, 0) is 25.6 Å². The minimum Gasteiger partial charge on any atom is -0.508 e. The van der Waals surface area contributed by atoms with Crippen molar-refractivity contribution in [3.8, 4) is 5.75 Å². The molecule has 0 radical (unpaired) electrons. The van der Waals surface area contributed by atoms with E-state index in [0.717, 1.165) is 0 Å². The van der Waals surface area contributed by atoms with Gasteiger partial charge in [0.05, 0.1) is 12.6 Å². The van der Waals surface area contributed by atoms with Gasteiger partial charge in [-0.05, 0) is 49.0 Å². The lowest BCUT2D eigenvalue weighted by molar-refractivity contribution is -0.144. The number of hydrogen-bond donors (Lipinski definition) is 6. The van der Waals surface area contributed by atoms with Crippen molar-refractivity contribution < 1.29 is 34.5 Å². The molecular weight excluding hydrogens is 464 g/mol. The molecule has 1 aliphatic heterocycles. The van der Waals surface area contributed by atoms with Crippen LogP contribution in [0.5, 0.6) is 5.75 Å². The van der Waals surface area contributed by atoms with Crippen molar-refractivity contribution in [3.05, 3.63) is 29.8 Å². The zero-order valence-corrected chi connectivity index (χ0v) is 19.8. The Kier molecular flexibility index (Phi) is 10.6. The molecule has 2 rings (SSSR count). The topological polar surface area (TPSA) is 182 Å². The maximum atomic E-state index is 13.1. The molecule has 11 nitrogen and oxygen atoms in total. The SMILES string of the molecule is CSCCC(N)C(=O)N1CCCC1C(=O)NC(Cc1ccc(O)cc1)C(=O)NC(CO)C(=O)O. The van der Waals surface area contributed by atoms with Crippen molar-refractivity contribution in [2.45, 2.75) is 49.9 Å². The van der Waals surface area contributed by atoms with Crippen LogP contribution >= 0.6 is 11.8 Å². The second-order valence-corrected chi connectivity index (χ2v) is 9.08. The Hall–Kier alpha value is -2.83. The van der Waals surface area contributed by atoms with E-state index in [1.165, 1.54) is 17.0 Å². The van der Waals surface area contributed by atoms with E-state index in [0.29, 0.717) is 37.1 Å². The van der Waals surface area contributed by atoms with Gasteiger partial charge in [0.25, 0.3) is 0 Å². The number of nitrogens with one attached hydrogen (secondary N) is 2. The molecule has 3 amide bonds. The van der Waals surface area contributed by atoms with E-state index in [-0.39, 0.29) is 18.1 Å². The largest absolute Gasteiger partial charge is 0.508 e. The Morgan fingerprint density at radius 2 is 1.85 bits per heavy atom. The first kappa shape index (κ1) is 27.4. The van der Waals surface area contributed by atoms with Gasteiger partial charge in [-0.3, -0.25) is 14.4 Å². The zero-order chi connectivity index (χ0) is 25.3. The summed E-state index contributed by atoms with van der Waals surface area (Å²) >= 11 is 1.57. The summed E-state index contributed by atoms with van der Waals surface area (Å²) in [6.45, 7) is -0.440. The van der Waals surface area contributed by atoms with Crippen LogP contribution in [0.1, 0.15) is 24.8 Å². The molecule has 0 aromatic heterocycles. The highest BCUT2D eigenvalue weighted by Crippen LogP contribution is 2.20. The van der Waals surface area contributed by atoms with Gasteiger partial charge < -0.3 is 36.6 Å². The molecule has 1 heterocycles. The summed E-state index contributed by atoms with van der Waals surface area (Å²) in [6.07, 6.45) is 3.42. The standard InChI is InChI=1S/C22H32N4O7S/c1-34-10-8-15(23)21(31)26-9-2-3-18(26)20(30)24-16(11-13-4-6-14(28)7-5-13)19(29)25-17(12-27)22(32)33/h4-7,15-18,27-28H,2-3,8-12,23H2,1H3,(H,24,30)(H,25,29)(H,32,33). The summed E-state index contributed by atoms with van der Waals surface area (Å²) in [5, 5.41) is 32.7. The van der Waals surface area contributed by atoms with Crippen molar-refractivity contribution >= 4 is 35.5 Å². The Morgan fingerprint density at radius 3 is 2.44 bits per heavy atom. The summed E-state index contributed by atoms with van der Waals surface area (Å²) in [4.78, 5) is 51.4. The number of phenolic OH excluding ortho intramolecular Hbond substituents is 1. The minimum atomic E-state index is -1.54. The number of nitrogens with zero attached hydrogens (tertiary/aromatic N) is 1. The number of carbonyl (C=O) groups is 4. The summed E-state index contributed by atoms with van der Waals surface area (Å²) in [5.74, 6) is -2.34. The van der Waals surface area contributed by atoms with Crippen LogP contribution in [0.3, 0.4) is 0 Å². The fourth-order valence-corrected chi connectivity index (χ4v) is 4.18. The third-order valence-electron chi connectivity index (χ3n) is 5.60. The van der Waals surface area contributed by atoms with Crippen molar-refractivity contribution in [1.82, 2.24) is 15.5 Å². The second-order valence-electron chi connectivity index (χ2n) is 8.09. The van der Waals surface area contributed by atoms with Crippen molar-refractivity contribution in [2.75, 3.05) is 25.2 Å². The molecule has 7 N–H and O–H groups in total. The first-order valence-corrected chi connectivity index (χ1v) is 12.3. The Balaban J connectivity index is 2.17. The maximum absolute atomic E-state index is 13.1. The molecule has 1 aromatic carbocycles. The van der Waals surface area contributed by atoms with Gasteiger partial charge in [-0.15, -0.1) is 0 Å². The van der Waals surface area contributed by atoms with Gasteiger partial charge in [-0.2, -0.15) is 11.8 Å². The van der Waals surface area contributed by atoms with Gasteiger partial charge >= 0.3 is 5.97 Å². The molecule has 0 aliphatic carbocycles. The predicted molar refractivity (Wildman–Crippen MR) is 126 cm³/mol. The van der Waals surface area contributed by atoms with Gasteiger partial charge in [-0.25, -0.2) is 4.79 Å². The molecule has 1 aliphatic rings. The number of hydrogen-bond acceptors (Lipinski definition) is 8. The number of carbonyl (C=O) groups excluding carboxylic acids is 3. The average molecular weight is 497 g/mol. The van der Waals surface area contributed by atoms with Crippen LogP contribution < -0.4 is 16.4 Å². The zero-order valence-electron chi connectivity index (χ0n) is 19.0. The lowest BCUT2D eigenvalue weighted by Crippen LogP contribution is -2.57. The minimum absolute atomic E-state index is 0.00350. The number of phenols is 1. The molecule has 1 fully saturated rings. The first-order valence-electron chi connectivity index (χ1n) is 10.9. The molecule has 0 bridgehead atoms. The number of thioether (sulfide) groups is 1. The Labute approximate surface area is 202 Å². The highest BCUT2D eigenvalue weighted by molar-refractivity contribution is 7.98. The number of aliphatic carboxylic acids is 1. The lowest BCUT2D eigenvalue weighted by atomic mass is 10.0. The van der Waals surface area contributed by atoms with E-state index in [1.54, 1.807) is 23.9 Å². The lowest BCUT2D eigenvalue weighted by Gasteiger charge is -2.28. The molecule has 188 valence electrons. The van der Waals surface area contributed by atoms with Gasteiger partial charge in [0.2, 0.25) is 17.7 Å². The normalized spacial score (nSPS) is 18.1. The molecular formula is C22H32N4O7S. The quantitative estimate of drug-likeness (QED) is 0.212. The molecule has 12 heteroatoms. The van der Waals surface area contributed by atoms with Crippen LogP contribution in [0.15, 0.2) is 24.3 Å². The van der Waals surface area contributed by atoms with E-state index < -0.39 is 48.6 Å². The molecule has 4 atom stereocenters. The number of likely N-dealkylation sites (tertiary alicyclic amines) is 1. The summed E-state index contributed by atoms with van der Waals surface area (Å²) < 4.78 is 0. The smallest absolute Gasteiger partial charge is 0.328 e. The van der Waals surface area contributed by atoms with E-state index in [4.69, 9.17) is 10.8 Å². The maximum Gasteiger partial charge on any atom is 0.328 e. The number of aromatic hydroxyl groups is 1. The van der Waals surface area contributed by atoms with Gasteiger partial charge in [-0.1, -0.05) is 12.1 Å². The molecule has 1 aromatic rings. The van der Waals surface area contributed by atoms with Gasteiger partial charge in [0.1, 0.15) is 23.9 Å². The number of carboxylic acid groups (broad SMARTS) is 1. The number of carboxylic acids is 1. The molecule has 0 spiro atoms. The monoisotopic (exact) mass is 496 g/mol. The number of rotatable bonds is 12. The molecule has 1 saturated heterocycles. The average Bonchev–Trinajstić information content (AvgIpc) is 3.31. The number of aliphatic hydroxyl groups is 1. The second kappa shape index (κ2) is 13.2. The molecule has 0 saturated carbocycles. The fourth-order valence-electron chi connectivity index (χ4n) is 3.69. The molecule has 34 heavy (non-hydrogen) atoms. The fraction of sp³-hybridized carbons (Fsp3) is 0.545. The summed E-state index contributed by atoms with van der Waals surface area (Å²) in [6, 6.07) is 1.75. The predicted octanol–water partition coefficient (Wildman–Crippen LogP) is -0.947.